The summed E-state index contributed by atoms with van der Waals surface area (Å²) in [4.78, 5) is 42.2. The maximum Gasteiger partial charge on any atom is 0.338 e. The number of carbonyl (C=O) groups is 1. The zero-order valence-corrected chi connectivity index (χ0v) is 22.6. The Morgan fingerprint density at radius 2 is 2.00 bits per heavy atom. The number of rotatable bonds is 6. The van der Waals surface area contributed by atoms with Crippen molar-refractivity contribution in [3.63, 3.8) is 0 Å². The summed E-state index contributed by atoms with van der Waals surface area (Å²) in [5.41, 5.74) is 1.86. The van der Waals surface area contributed by atoms with E-state index in [1.54, 1.807) is 38.1 Å². The molecule has 0 bridgehead atoms. The highest BCUT2D eigenvalue weighted by Gasteiger charge is 2.33. The maximum atomic E-state index is 13.7. The number of halogens is 1. The Labute approximate surface area is 228 Å². The van der Waals surface area contributed by atoms with Gasteiger partial charge in [0.25, 0.3) is 11.2 Å². The second-order valence-electron chi connectivity index (χ2n) is 8.34. The summed E-state index contributed by atoms with van der Waals surface area (Å²) in [6.45, 7) is 3.67. The van der Waals surface area contributed by atoms with E-state index in [0.29, 0.717) is 42.2 Å². The SMILES string of the molecule is CCOC(=O)C1=C(C)N=c2s/c(=C\c3ccc(-c4ccc([N+](=O)[O-])cc4Br)o3)c(=O)n2[C@@H]1c1ccccc1. The lowest BCUT2D eigenvalue weighted by molar-refractivity contribution is -0.384. The van der Waals surface area contributed by atoms with Crippen molar-refractivity contribution in [2.24, 2.45) is 4.99 Å². The van der Waals surface area contributed by atoms with Crippen molar-refractivity contribution in [2.75, 3.05) is 6.61 Å². The van der Waals surface area contributed by atoms with Gasteiger partial charge in [-0.05, 0) is 53.5 Å². The minimum Gasteiger partial charge on any atom is -0.463 e. The third kappa shape index (κ3) is 4.66. The predicted molar refractivity (Wildman–Crippen MR) is 145 cm³/mol. The van der Waals surface area contributed by atoms with Crippen LogP contribution in [0.4, 0.5) is 5.69 Å². The minimum absolute atomic E-state index is 0.0426. The third-order valence-electron chi connectivity index (χ3n) is 5.96. The van der Waals surface area contributed by atoms with Crippen LogP contribution in [0, 0.1) is 10.1 Å². The summed E-state index contributed by atoms with van der Waals surface area (Å²) in [5.74, 6) is 0.391. The van der Waals surface area contributed by atoms with Crippen molar-refractivity contribution in [2.45, 2.75) is 19.9 Å². The number of hydrogen-bond donors (Lipinski definition) is 0. The molecule has 0 N–H and O–H groups in total. The summed E-state index contributed by atoms with van der Waals surface area (Å²) in [5, 5.41) is 11.0. The van der Waals surface area contributed by atoms with Crippen molar-refractivity contribution in [3.8, 4) is 11.3 Å². The fourth-order valence-corrected chi connectivity index (χ4v) is 5.85. The molecule has 0 radical (unpaired) electrons. The average molecular weight is 594 g/mol. The van der Waals surface area contributed by atoms with Gasteiger partial charge in [-0.3, -0.25) is 19.5 Å². The van der Waals surface area contributed by atoms with Crippen molar-refractivity contribution in [1.82, 2.24) is 4.57 Å². The van der Waals surface area contributed by atoms with Crippen LogP contribution in [-0.4, -0.2) is 22.1 Å². The Hall–Kier alpha value is -4.09. The molecule has 0 saturated heterocycles. The number of non-ortho nitro benzene ring substituents is 1. The van der Waals surface area contributed by atoms with E-state index in [1.165, 1.54) is 28.0 Å². The van der Waals surface area contributed by atoms with Gasteiger partial charge in [-0.15, -0.1) is 0 Å². The van der Waals surface area contributed by atoms with Gasteiger partial charge in [0.15, 0.2) is 4.80 Å². The number of esters is 1. The second-order valence-corrected chi connectivity index (χ2v) is 10.2. The summed E-state index contributed by atoms with van der Waals surface area (Å²) >= 11 is 4.56. The van der Waals surface area contributed by atoms with Gasteiger partial charge in [0.2, 0.25) is 0 Å². The number of furan rings is 1. The Balaban J connectivity index is 1.60. The number of carbonyl (C=O) groups excluding carboxylic acids is 1. The molecule has 38 heavy (non-hydrogen) atoms. The van der Waals surface area contributed by atoms with Gasteiger partial charge in [-0.1, -0.05) is 41.7 Å². The molecule has 9 nitrogen and oxygen atoms in total. The van der Waals surface area contributed by atoms with E-state index in [0.717, 1.165) is 5.56 Å². The zero-order chi connectivity index (χ0) is 27.0. The van der Waals surface area contributed by atoms with Gasteiger partial charge in [0.1, 0.15) is 11.5 Å². The molecule has 3 heterocycles. The quantitative estimate of drug-likeness (QED) is 0.181. The molecule has 2 aromatic carbocycles. The van der Waals surface area contributed by atoms with Crippen LogP contribution in [0.25, 0.3) is 17.4 Å². The summed E-state index contributed by atoms with van der Waals surface area (Å²) in [7, 11) is 0. The summed E-state index contributed by atoms with van der Waals surface area (Å²) in [6, 6.07) is 16.4. The first kappa shape index (κ1) is 25.6. The molecule has 5 rings (SSSR count). The molecule has 0 spiro atoms. The number of thiazole rings is 1. The number of hydrogen-bond acceptors (Lipinski definition) is 8. The molecular formula is C27H20BrN3O6S. The molecule has 192 valence electrons. The average Bonchev–Trinajstić information content (AvgIpc) is 3.48. The van der Waals surface area contributed by atoms with Crippen LogP contribution in [-0.2, 0) is 9.53 Å². The number of allylic oxidation sites excluding steroid dienone is 1. The van der Waals surface area contributed by atoms with Crippen LogP contribution in [0.3, 0.4) is 0 Å². The number of fused-ring (bicyclic) bond motifs is 1. The lowest BCUT2D eigenvalue weighted by atomic mass is 9.96. The van der Waals surface area contributed by atoms with Gasteiger partial charge in [0, 0.05) is 28.2 Å². The second kappa shape index (κ2) is 10.3. The number of benzene rings is 2. The van der Waals surface area contributed by atoms with Crippen molar-refractivity contribution in [1.29, 1.82) is 0 Å². The van der Waals surface area contributed by atoms with E-state index in [1.807, 2.05) is 30.3 Å². The van der Waals surface area contributed by atoms with Crippen molar-refractivity contribution in [3.05, 3.63) is 118 Å². The lowest BCUT2D eigenvalue weighted by Gasteiger charge is -2.24. The van der Waals surface area contributed by atoms with Gasteiger partial charge < -0.3 is 9.15 Å². The third-order valence-corrected chi connectivity index (χ3v) is 7.60. The van der Waals surface area contributed by atoms with Crippen molar-refractivity contribution >= 4 is 45.0 Å². The van der Waals surface area contributed by atoms with Crippen LogP contribution in [0.5, 0.6) is 0 Å². The van der Waals surface area contributed by atoms with E-state index in [-0.39, 0.29) is 17.9 Å². The van der Waals surface area contributed by atoms with E-state index < -0.39 is 16.9 Å². The molecule has 2 aromatic heterocycles. The van der Waals surface area contributed by atoms with Gasteiger partial charge >= 0.3 is 5.97 Å². The molecule has 4 aromatic rings. The maximum absolute atomic E-state index is 13.7. The highest BCUT2D eigenvalue weighted by molar-refractivity contribution is 9.10. The monoisotopic (exact) mass is 593 g/mol. The van der Waals surface area contributed by atoms with E-state index in [9.17, 15) is 19.7 Å². The minimum atomic E-state index is -0.683. The Morgan fingerprint density at radius 3 is 2.68 bits per heavy atom. The molecule has 1 aliphatic heterocycles. The van der Waals surface area contributed by atoms with Crippen LogP contribution >= 0.6 is 27.3 Å². The molecule has 0 saturated carbocycles. The predicted octanol–water partition coefficient (Wildman–Crippen LogP) is 4.73. The van der Waals surface area contributed by atoms with Crippen LogP contribution < -0.4 is 14.9 Å². The van der Waals surface area contributed by atoms with Crippen LogP contribution in [0.15, 0.2) is 90.6 Å². The number of aromatic nitrogens is 1. The summed E-state index contributed by atoms with van der Waals surface area (Å²) < 4.78 is 13.7. The molecule has 0 fully saturated rings. The van der Waals surface area contributed by atoms with Crippen LogP contribution in [0.1, 0.15) is 31.2 Å². The smallest absolute Gasteiger partial charge is 0.338 e. The fourth-order valence-electron chi connectivity index (χ4n) is 4.26. The standard InChI is InChI=1S/C27H20BrN3O6S/c1-3-36-26(33)23-15(2)29-27-30(24(23)16-7-5-4-6-8-16)25(32)22(38-27)14-18-10-12-21(37-18)19-11-9-17(31(34)35)13-20(19)28/h4-14,24H,3H2,1-2H3/b22-14-/t24-/m1/s1. The molecule has 1 aliphatic rings. The Morgan fingerprint density at radius 1 is 1.24 bits per heavy atom. The van der Waals surface area contributed by atoms with E-state index in [2.05, 4.69) is 20.9 Å². The number of nitro groups is 1. The largest absolute Gasteiger partial charge is 0.463 e. The van der Waals surface area contributed by atoms with Crippen molar-refractivity contribution < 1.29 is 18.9 Å². The number of nitro benzene ring substituents is 1. The van der Waals surface area contributed by atoms with E-state index in [4.69, 9.17) is 9.15 Å². The normalized spacial score (nSPS) is 15.2. The molecule has 0 unspecified atom stereocenters. The zero-order valence-electron chi connectivity index (χ0n) is 20.2. The lowest BCUT2D eigenvalue weighted by Crippen LogP contribution is -2.39. The Kier molecular flexibility index (Phi) is 6.96. The van der Waals surface area contributed by atoms with E-state index >= 15 is 0 Å². The molecule has 0 aliphatic carbocycles. The molecular weight excluding hydrogens is 574 g/mol. The molecule has 0 amide bonds. The molecule has 11 heteroatoms. The molecule has 1 atom stereocenters. The first-order chi connectivity index (χ1) is 18.3. The highest BCUT2D eigenvalue weighted by Crippen LogP contribution is 2.33. The number of nitrogens with zero attached hydrogens (tertiary/aromatic N) is 3. The Bertz CT molecular complexity index is 1780. The van der Waals surface area contributed by atoms with Gasteiger partial charge in [0.05, 0.1) is 33.4 Å². The van der Waals surface area contributed by atoms with Gasteiger partial charge in [-0.2, -0.15) is 0 Å². The van der Waals surface area contributed by atoms with Gasteiger partial charge in [-0.25, -0.2) is 9.79 Å². The topological polar surface area (TPSA) is 117 Å². The first-order valence-corrected chi connectivity index (χ1v) is 13.2. The van der Waals surface area contributed by atoms with Crippen LogP contribution in [0.2, 0.25) is 0 Å². The first-order valence-electron chi connectivity index (χ1n) is 11.6. The number of ether oxygens (including phenoxy) is 1. The fraction of sp³-hybridized carbons (Fsp3) is 0.148. The highest BCUT2D eigenvalue weighted by atomic mass is 79.9. The summed E-state index contributed by atoms with van der Waals surface area (Å²) in [6.07, 6.45) is 1.62.